The largest absolute Gasteiger partial charge is 0.398 e. The van der Waals surface area contributed by atoms with Crippen LogP contribution in [0.15, 0.2) is 24.5 Å². The van der Waals surface area contributed by atoms with Gasteiger partial charge >= 0.3 is 0 Å². The molecule has 5 heteroatoms. The molecule has 2 aromatic rings. The van der Waals surface area contributed by atoms with Crippen LogP contribution in [0.2, 0.25) is 0 Å². The Morgan fingerprint density at radius 3 is 3.06 bits per heavy atom. The summed E-state index contributed by atoms with van der Waals surface area (Å²) < 4.78 is 1.82. The van der Waals surface area contributed by atoms with Gasteiger partial charge in [-0.05, 0) is 30.5 Å². The fraction of sp³-hybridized carbons (Fsp3) is 0.385. The average Bonchev–Trinajstić information content (AvgIpc) is 2.77. The first-order valence-electron chi connectivity index (χ1n) is 6.21. The molecular formula is C13H17N5. The molecular weight excluding hydrogens is 226 g/mol. The number of nitrogen functional groups attached to an aromatic ring is 1. The molecule has 0 amide bonds. The number of rotatable bonds is 2. The minimum atomic E-state index is 0.785. The van der Waals surface area contributed by atoms with Crippen LogP contribution in [-0.2, 0) is 20.0 Å². The number of aromatic nitrogens is 3. The third-order valence-electron chi connectivity index (χ3n) is 3.52. The molecule has 0 atom stereocenters. The number of fused-ring (bicyclic) bond motifs is 1. The van der Waals surface area contributed by atoms with E-state index in [0.717, 1.165) is 37.4 Å². The SMILES string of the molecule is Cn1ncnc1CN1CCCc2c(N)cccc21. The van der Waals surface area contributed by atoms with Gasteiger partial charge in [0.1, 0.15) is 12.2 Å². The van der Waals surface area contributed by atoms with Crippen LogP contribution in [0.25, 0.3) is 0 Å². The highest BCUT2D eigenvalue weighted by Gasteiger charge is 2.19. The summed E-state index contributed by atoms with van der Waals surface area (Å²) in [5, 5.41) is 4.11. The van der Waals surface area contributed by atoms with Crippen LogP contribution in [0.4, 0.5) is 11.4 Å². The second-order valence-electron chi connectivity index (χ2n) is 4.67. The standard InChI is InChI=1S/C13H17N5/c1-17-13(15-9-16-17)8-18-7-3-4-10-11(14)5-2-6-12(10)18/h2,5-6,9H,3-4,7-8,14H2,1H3. The van der Waals surface area contributed by atoms with E-state index >= 15 is 0 Å². The lowest BCUT2D eigenvalue weighted by atomic mass is 10.00. The van der Waals surface area contributed by atoms with Crippen molar-refractivity contribution in [1.82, 2.24) is 14.8 Å². The van der Waals surface area contributed by atoms with E-state index in [2.05, 4.69) is 21.0 Å². The van der Waals surface area contributed by atoms with E-state index in [1.54, 1.807) is 6.33 Å². The zero-order valence-corrected chi connectivity index (χ0v) is 10.5. The van der Waals surface area contributed by atoms with E-state index in [9.17, 15) is 0 Å². The summed E-state index contributed by atoms with van der Waals surface area (Å²) in [6, 6.07) is 6.13. The van der Waals surface area contributed by atoms with Gasteiger partial charge in [0.25, 0.3) is 0 Å². The van der Waals surface area contributed by atoms with Crippen LogP contribution >= 0.6 is 0 Å². The molecule has 0 unspecified atom stereocenters. The van der Waals surface area contributed by atoms with E-state index in [1.807, 2.05) is 23.9 Å². The third-order valence-corrected chi connectivity index (χ3v) is 3.52. The van der Waals surface area contributed by atoms with Crippen molar-refractivity contribution in [2.45, 2.75) is 19.4 Å². The van der Waals surface area contributed by atoms with Crippen LogP contribution in [0.5, 0.6) is 0 Å². The maximum atomic E-state index is 6.05. The fourth-order valence-corrected chi connectivity index (χ4v) is 2.53. The maximum Gasteiger partial charge on any atom is 0.146 e. The Labute approximate surface area is 106 Å². The first-order chi connectivity index (χ1) is 8.75. The Kier molecular flexibility index (Phi) is 2.66. The molecule has 0 aliphatic carbocycles. The summed E-state index contributed by atoms with van der Waals surface area (Å²) in [6.45, 7) is 1.83. The van der Waals surface area contributed by atoms with E-state index in [4.69, 9.17) is 5.73 Å². The zero-order valence-electron chi connectivity index (χ0n) is 10.5. The van der Waals surface area contributed by atoms with E-state index < -0.39 is 0 Å². The molecule has 2 N–H and O–H groups in total. The topological polar surface area (TPSA) is 60.0 Å². The number of nitrogens with two attached hydrogens (primary N) is 1. The van der Waals surface area contributed by atoms with Crippen molar-refractivity contribution in [2.24, 2.45) is 7.05 Å². The maximum absolute atomic E-state index is 6.05. The second-order valence-corrected chi connectivity index (χ2v) is 4.67. The molecule has 1 aliphatic rings. The highest BCUT2D eigenvalue weighted by molar-refractivity contribution is 5.66. The molecule has 1 aromatic carbocycles. The zero-order chi connectivity index (χ0) is 12.5. The number of hydrogen-bond acceptors (Lipinski definition) is 4. The quantitative estimate of drug-likeness (QED) is 0.809. The van der Waals surface area contributed by atoms with Crippen LogP contribution < -0.4 is 10.6 Å². The third kappa shape index (κ3) is 1.81. The van der Waals surface area contributed by atoms with Gasteiger partial charge in [-0.15, -0.1) is 0 Å². The van der Waals surface area contributed by atoms with Gasteiger partial charge in [-0.25, -0.2) is 4.98 Å². The molecule has 1 aliphatic heterocycles. The Bertz CT molecular complexity index is 560. The van der Waals surface area contributed by atoms with Crippen LogP contribution in [0.1, 0.15) is 17.8 Å². The molecule has 0 radical (unpaired) electrons. The number of aryl methyl sites for hydroxylation is 1. The predicted octanol–water partition coefficient (Wildman–Crippen LogP) is 1.35. The first kappa shape index (κ1) is 11.1. The molecule has 0 fully saturated rings. The van der Waals surface area contributed by atoms with Crippen molar-refractivity contribution in [2.75, 3.05) is 17.2 Å². The van der Waals surface area contributed by atoms with Crippen molar-refractivity contribution < 1.29 is 0 Å². The monoisotopic (exact) mass is 243 g/mol. The first-order valence-corrected chi connectivity index (χ1v) is 6.21. The van der Waals surface area contributed by atoms with Gasteiger partial charge < -0.3 is 10.6 Å². The van der Waals surface area contributed by atoms with Gasteiger partial charge in [0.05, 0.1) is 6.54 Å². The molecule has 0 saturated heterocycles. The molecule has 0 spiro atoms. The highest BCUT2D eigenvalue weighted by atomic mass is 15.3. The smallest absolute Gasteiger partial charge is 0.146 e. The van der Waals surface area contributed by atoms with Gasteiger partial charge in [0.15, 0.2) is 0 Å². The average molecular weight is 243 g/mol. The molecule has 94 valence electrons. The molecule has 0 bridgehead atoms. The summed E-state index contributed by atoms with van der Waals surface area (Å²) in [5.41, 5.74) is 9.45. The Balaban J connectivity index is 1.92. The van der Waals surface area contributed by atoms with Crippen molar-refractivity contribution in [3.63, 3.8) is 0 Å². The molecule has 18 heavy (non-hydrogen) atoms. The van der Waals surface area contributed by atoms with Gasteiger partial charge in [-0.2, -0.15) is 5.10 Å². The predicted molar refractivity (Wildman–Crippen MR) is 71.2 cm³/mol. The van der Waals surface area contributed by atoms with Gasteiger partial charge in [0, 0.05) is 25.0 Å². The van der Waals surface area contributed by atoms with Gasteiger partial charge in [-0.3, -0.25) is 4.68 Å². The van der Waals surface area contributed by atoms with Crippen molar-refractivity contribution in [3.05, 3.63) is 35.9 Å². The van der Waals surface area contributed by atoms with E-state index in [1.165, 1.54) is 11.3 Å². The summed E-state index contributed by atoms with van der Waals surface area (Å²) >= 11 is 0. The van der Waals surface area contributed by atoms with Crippen LogP contribution in [0.3, 0.4) is 0 Å². The molecule has 5 nitrogen and oxygen atoms in total. The van der Waals surface area contributed by atoms with E-state index in [-0.39, 0.29) is 0 Å². The summed E-state index contributed by atoms with van der Waals surface area (Å²) in [6.07, 6.45) is 3.80. The lowest BCUT2D eigenvalue weighted by Gasteiger charge is -2.31. The normalized spacial score (nSPS) is 14.6. The fourth-order valence-electron chi connectivity index (χ4n) is 2.53. The van der Waals surface area contributed by atoms with Crippen molar-refractivity contribution >= 4 is 11.4 Å². The van der Waals surface area contributed by atoms with Crippen molar-refractivity contribution in [3.8, 4) is 0 Å². The summed E-state index contributed by atoms with van der Waals surface area (Å²) in [4.78, 5) is 6.62. The molecule has 3 rings (SSSR count). The minimum Gasteiger partial charge on any atom is -0.398 e. The van der Waals surface area contributed by atoms with Crippen LogP contribution in [-0.4, -0.2) is 21.3 Å². The Morgan fingerprint density at radius 1 is 1.39 bits per heavy atom. The molecule has 1 aromatic heterocycles. The second kappa shape index (κ2) is 4.33. The van der Waals surface area contributed by atoms with E-state index in [0.29, 0.717) is 0 Å². The van der Waals surface area contributed by atoms with Gasteiger partial charge in [-0.1, -0.05) is 6.07 Å². The number of anilines is 2. The van der Waals surface area contributed by atoms with Crippen molar-refractivity contribution in [1.29, 1.82) is 0 Å². The lowest BCUT2D eigenvalue weighted by molar-refractivity contribution is 0.636. The number of hydrogen-bond donors (Lipinski definition) is 1. The molecule has 2 heterocycles. The van der Waals surface area contributed by atoms with Gasteiger partial charge in [0.2, 0.25) is 0 Å². The lowest BCUT2D eigenvalue weighted by Crippen LogP contribution is -2.30. The molecule has 0 saturated carbocycles. The number of benzene rings is 1. The highest BCUT2D eigenvalue weighted by Crippen LogP contribution is 2.31. The summed E-state index contributed by atoms with van der Waals surface area (Å²) in [7, 11) is 1.92. The van der Waals surface area contributed by atoms with Crippen LogP contribution in [0, 0.1) is 0 Å². The Morgan fingerprint density at radius 2 is 2.28 bits per heavy atom. The number of nitrogens with zero attached hydrogens (tertiary/aromatic N) is 4. The minimum absolute atomic E-state index is 0.785. The summed E-state index contributed by atoms with van der Waals surface area (Å²) in [5.74, 6) is 0.977. The Hall–Kier alpha value is -2.04.